The Hall–Kier alpha value is -1.85. The van der Waals surface area contributed by atoms with Gasteiger partial charge in [0.2, 0.25) is 0 Å². The normalized spacial score (nSPS) is 10.8. The van der Waals surface area contributed by atoms with Crippen LogP contribution in [0.3, 0.4) is 0 Å². The summed E-state index contributed by atoms with van der Waals surface area (Å²) in [5.41, 5.74) is 7.85. The largest absolute Gasteiger partial charge is 0.380 e. The van der Waals surface area contributed by atoms with Gasteiger partial charge in [-0.05, 0) is 45.8 Å². The molecule has 3 nitrogen and oxygen atoms in total. The molecule has 106 valence electrons. The van der Waals surface area contributed by atoms with Crippen LogP contribution in [0.2, 0.25) is 5.02 Å². The third-order valence-electron chi connectivity index (χ3n) is 3.05. The maximum absolute atomic E-state index is 13.1. The van der Waals surface area contributed by atoms with E-state index in [0.29, 0.717) is 27.5 Å². The van der Waals surface area contributed by atoms with Crippen molar-refractivity contribution in [3.63, 3.8) is 0 Å². The Labute approximate surface area is 133 Å². The molecule has 0 aliphatic rings. The van der Waals surface area contributed by atoms with Crippen molar-refractivity contribution >= 4 is 33.3 Å². The number of nitrogens with two attached hydrogens (primary N) is 1. The second kappa shape index (κ2) is 5.50. The molecule has 2 N–H and O–H groups in total. The van der Waals surface area contributed by atoms with Crippen molar-refractivity contribution in [2.45, 2.75) is 0 Å². The van der Waals surface area contributed by atoms with E-state index in [0.717, 1.165) is 4.47 Å². The number of hydrogen-bond donors (Lipinski definition) is 1. The third-order valence-corrected chi connectivity index (χ3v) is 4.34. The lowest BCUT2D eigenvalue weighted by atomic mass is 10.0. The summed E-state index contributed by atoms with van der Waals surface area (Å²) in [5, 5.41) is 4.29. The molecule has 0 aliphatic heterocycles. The van der Waals surface area contributed by atoms with Gasteiger partial charge in [-0.1, -0.05) is 35.0 Å². The first-order valence-corrected chi connectivity index (χ1v) is 7.20. The zero-order valence-electron chi connectivity index (χ0n) is 10.6. The minimum absolute atomic E-state index is 0.229. The molecule has 21 heavy (non-hydrogen) atoms. The fourth-order valence-electron chi connectivity index (χ4n) is 2.06. The fourth-order valence-corrected chi connectivity index (χ4v) is 2.64. The lowest BCUT2D eigenvalue weighted by Crippen LogP contribution is -1.89. The lowest BCUT2D eigenvalue weighted by molar-refractivity contribution is 0.436. The van der Waals surface area contributed by atoms with Crippen LogP contribution < -0.4 is 5.73 Å². The van der Waals surface area contributed by atoms with Crippen LogP contribution in [0.5, 0.6) is 0 Å². The zero-order valence-corrected chi connectivity index (χ0v) is 13.0. The zero-order chi connectivity index (χ0) is 15.0. The molecule has 0 saturated heterocycles. The van der Waals surface area contributed by atoms with Gasteiger partial charge in [0.25, 0.3) is 0 Å². The minimum atomic E-state index is -0.323. The van der Waals surface area contributed by atoms with Crippen molar-refractivity contribution in [1.29, 1.82) is 0 Å². The molecule has 3 rings (SSSR count). The van der Waals surface area contributed by atoms with Crippen LogP contribution in [-0.2, 0) is 0 Å². The molecule has 1 aromatic heterocycles. The number of rotatable bonds is 2. The molecule has 0 saturated carbocycles. The van der Waals surface area contributed by atoms with E-state index in [1.807, 2.05) is 12.1 Å². The second-order valence-electron chi connectivity index (χ2n) is 4.38. The van der Waals surface area contributed by atoms with Gasteiger partial charge in [-0.15, -0.1) is 0 Å². The number of hydrogen-bond acceptors (Lipinski definition) is 3. The van der Waals surface area contributed by atoms with Crippen LogP contribution in [0.15, 0.2) is 51.5 Å². The van der Waals surface area contributed by atoms with Gasteiger partial charge >= 0.3 is 0 Å². The molecule has 1 heterocycles. The van der Waals surface area contributed by atoms with Crippen molar-refractivity contribution in [2.75, 3.05) is 5.73 Å². The molecule has 0 amide bonds. The first-order valence-electron chi connectivity index (χ1n) is 6.03. The summed E-state index contributed by atoms with van der Waals surface area (Å²) in [5.74, 6) is 0.355. The Bertz CT molecular complexity index is 802. The van der Waals surface area contributed by atoms with Crippen LogP contribution in [0.1, 0.15) is 0 Å². The van der Waals surface area contributed by atoms with Gasteiger partial charge in [0.05, 0.1) is 10.6 Å². The van der Waals surface area contributed by atoms with Crippen LogP contribution in [0.4, 0.5) is 10.2 Å². The van der Waals surface area contributed by atoms with Gasteiger partial charge in [-0.3, -0.25) is 0 Å². The highest BCUT2D eigenvalue weighted by Gasteiger charge is 2.20. The third kappa shape index (κ3) is 2.54. The highest BCUT2D eigenvalue weighted by molar-refractivity contribution is 9.10. The maximum atomic E-state index is 13.1. The number of anilines is 1. The summed E-state index contributed by atoms with van der Waals surface area (Å²) in [7, 11) is 0. The van der Waals surface area contributed by atoms with E-state index in [1.54, 1.807) is 18.2 Å². The molecule has 2 aromatic carbocycles. The van der Waals surface area contributed by atoms with Crippen molar-refractivity contribution in [3.8, 4) is 22.5 Å². The Morgan fingerprint density at radius 3 is 2.57 bits per heavy atom. The SMILES string of the molecule is Nc1noc(-c2cccc(Br)c2Cl)c1-c1ccc(F)cc1. The Morgan fingerprint density at radius 2 is 1.86 bits per heavy atom. The van der Waals surface area contributed by atoms with Crippen LogP contribution in [0, 0.1) is 5.82 Å². The number of nitrogens with zero attached hydrogens (tertiary/aromatic N) is 1. The minimum Gasteiger partial charge on any atom is -0.380 e. The summed E-state index contributed by atoms with van der Waals surface area (Å²) >= 11 is 9.65. The first kappa shape index (κ1) is 14.1. The summed E-state index contributed by atoms with van der Waals surface area (Å²) in [6.07, 6.45) is 0. The van der Waals surface area contributed by atoms with Gasteiger partial charge < -0.3 is 10.3 Å². The fraction of sp³-hybridized carbons (Fsp3) is 0. The second-order valence-corrected chi connectivity index (χ2v) is 5.61. The van der Waals surface area contributed by atoms with E-state index in [9.17, 15) is 4.39 Å². The van der Waals surface area contributed by atoms with Crippen molar-refractivity contribution in [1.82, 2.24) is 5.16 Å². The van der Waals surface area contributed by atoms with Gasteiger partial charge in [0.1, 0.15) is 5.82 Å². The molecule has 0 aliphatic carbocycles. The van der Waals surface area contributed by atoms with Gasteiger partial charge in [0.15, 0.2) is 11.6 Å². The molecule has 0 atom stereocenters. The van der Waals surface area contributed by atoms with E-state index in [2.05, 4.69) is 21.1 Å². The first-order chi connectivity index (χ1) is 10.1. The number of aromatic nitrogens is 1. The summed E-state index contributed by atoms with van der Waals surface area (Å²) < 4.78 is 19.1. The summed E-state index contributed by atoms with van der Waals surface area (Å²) in [6.45, 7) is 0. The Balaban J connectivity index is 2.22. The van der Waals surface area contributed by atoms with E-state index in [1.165, 1.54) is 12.1 Å². The predicted octanol–water partition coefficient (Wildman–Crippen LogP) is 5.15. The van der Waals surface area contributed by atoms with Gasteiger partial charge in [0, 0.05) is 10.0 Å². The summed E-state index contributed by atoms with van der Waals surface area (Å²) in [4.78, 5) is 0. The number of benzene rings is 2. The van der Waals surface area contributed by atoms with E-state index >= 15 is 0 Å². The Kier molecular flexibility index (Phi) is 3.69. The van der Waals surface area contributed by atoms with Crippen LogP contribution >= 0.6 is 27.5 Å². The average molecular weight is 368 g/mol. The van der Waals surface area contributed by atoms with E-state index < -0.39 is 0 Å². The molecule has 6 heteroatoms. The highest BCUT2D eigenvalue weighted by Crippen LogP contribution is 2.41. The molecule has 3 aromatic rings. The topological polar surface area (TPSA) is 52.0 Å². The maximum Gasteiger partial charge on any atom is 0.178 e. The number of nitrogen functional groups attached to an aromatic ring is 1. The number of halogens is 3. The molecule has 0 bridgehead atoms. The van der Waals surface area contributed by atoms with Crippen LogP contribution in [0.25, 0.3) is 22.5 Å². The molecule has 0 spiro atoms. The molecule has 0 radical (unpaired) electrons. The standard InChI is InChI=1S/C15H9BrClFN2O/c16-11-3-1-2-10(13(11)17)14-12(15(19)20-21-14)8-4-6-9(18)7-5-8/h1-7H,(H2,19,20). The predicted molar refractivity (Wildman–Crippen MR) is 84.5 cm³/mol. The van der Waals surface area contributed by atoms with Crippen LogP contribution in [-0.4, -0.2) is 5.16 Å². The summed E-state index contributed by atoms with van der Waals surface area (Å²) in [6, 6.07) is 11.4. The Morgan fingerprint density at radius 1 is 1.14 bits per heavy atom. The smallest absolute Gasteiger partial charge is 0.178 e. The van der Waals surface area contributed by atoms with Crippen molar-refractivity contribution < 1.29 is 8.91 Å². The molecular weight excluding hydrogens is 359 g/mol. The highest BCUT2D eigenvalue weighted by atomic mass is 79.9. The van der Waals surface area contributed by atoms with Gasteiger partial charge in [-0.2, -0.15) is 0 Å². The lowest BCUT2D eigenvalue weighted by Gasteiger charge is -2.06. The monoisotopic (exact) mass is 366 g/mol. The quantitative estimate of drug-likeness (QED) is 0.682. The average Bonchev–Trinajstić information content (AvgIpc) is 2.85. The molecular formula is C15H9BrClFN2O. The van der Waals surface area contributed by atoms with E-state index in [4.69, 9.17) is 21.9 Å². The van der Waals surface area contributed by atoms with E-state index in [-0.39, 0.29) is 11.6 Å². The van der Waals surface area contributed by atoms with Crippen molar-refractivity contribution in [2.24, 2.45) is 0 Å². The molecule has 0 fully saturated rings. The molecule has 0 unspecified atom stereocenters. The van der Waals surface area contributed by atoms with Crippen molar-refractivity contribution in [3.05, 3.63) is 57.8 Å². The van der Waals surface area contributed by atoms with Gasteiger partial charge in [-0.25, -0.2) is 4.39 Å².